The van der Waals surface area contributed by atoms with E-state index in [0.717, 1.165) is 17.9 Å². The van der Waals surface area contributed by atoms with Crippen LogP contribution in [0, 0.1) is 0 Å². The molecule has 0 saturated carbocycles. The average Bonchev–Trinajstić information content (AvgIpc) is 2.47. The fourth-order valence-electron chi connectivity index (χ4n) is 2.39. The molecule has 0 N–H and O–H groups in total. The second kappa shape index (κ2) is 6.41. The van der Waals surface area contributed by atoms with Crippen LogP contribution < -0.4 is 9.80 Å². The summed E-state index contributed by atoms with van der Waals surface area (Å²) in [4.78, 5) is 27.3. The normalized spacial score (nSPS) is 13.9. The SMILES string of the molecule is COC(=O)CCCC(=O)N1CCN(C)c2ccccc21. The quantitative estimate of drug-likeness (QED) is 0.787. The van der Waals surface area contributed by atoms with Gasteiger partial charge in [-0.3, -0.25) is 9.59 Å². The molecule has 0 atom stereocenters. The summed E-state index contributed by atoms with van der Waals surface area (Å²) in [6, 6.07) is 7.89. The van der Waals surface area contributed by atoms with Crippen molar-refractivity contribution in [3.8, 4) is 0 Å². The fraction of sp³-hybridized carbons (Fsp3) is 0.467. The van der Waals surface area contributed by atoms with Gasteiger partial charge in [0.2, 0.25) is 5.91 Å². The van der Waals surface area contributed by atoms with Gasteiger partial charge in [0, 0.05) is 33.0 Å². The Kier molecular flexibility index (Phi) is 4.61. The maximum atomic E-state index is 12.3. The van der Waals surface area contributed by atoms with Crippen molar-refractivity contribution in [2.75, 3.05) is 37.0 Å². The largest absolute Gasteiger partial charge is 0.469 e. The van der Waals surface area contributed by atoms with E-state index in [1.54, 1.807) is 0 Å². The van der Waals surface area contributed by atoms with Gasteiger partial charge in [-0.25, -0.2) is 0 Å². The number of benzene rings is 1. The van der Waals surface area contributed by atoms with E-state index in [4.69, 9.17) is 0 Å². The summed E-state index contributed by atoms with van der Waals surface area (Å²) in [6.07, 6.45) is 1.19. The Morgan fingerprint density at radius 3 is 2.55 bits per heavy atom. The molecule has 20 heavy (non-hydrogen) atoms. The number of esters is 1. The molecule has 0 spiro atoms. The van der Waals surface area contributed by atoms with E-state index in [-0.39, 0.29) is 18.3 Å². The summed E-state index contributed by atoms with van der Waals surface area (Å²) in [5.74, 6) is -0.203. The Balaban J connectivity index is 2.01. The van der Waals surface area contributed by atoms with Crippen LogP contribution in [0.1, 0.15) is 19.3 Å². The predicted octanol–water partition coefficient (Wildman–Crippen LogP) is 1.81. The van der Waals surface area contributed by atoms with E-state index < -0.39 is 0 Å². The van der Waals surface area contributed by atoms with Gasteiger partial charge in [0.05, 0.1) is 18.5 Å². The first-order valence-corrected chi connectivity index (χ1v) is 6.81. The number of amides is 1. The molecule has 1 amide bonds. The molecule has 0 aromatic heterocycles. The van der Waals surface area contributed by atoms with Crippen molar-refractivity contribution in [1.29, 1.82) is 0 Å². The molecule has 1 heterocycles. The van der Waals surface area contributed by atoms with Crippen LogP contribution in [0.4, 0.5) is 11.4 Å². The molecule has 1 aliphatic heterocycles. The highest BCUT2D eigenvalue weighted by Crippen LogP contribution is 2.32. The molecular weight excluding hydrogens is 256 g/mol. The van der Waals surface area contributed by atoms with E-state index in [9.17, 15) is 9.59 Å². The van der Waals surface area contributed by atoms with Crippen LogP contribution in [0.15, 0.2) is 24.3 Å². The molecule has 5 nitrogen and oxygen atoms in total. The second-order valence-corrected chi connectivity index (χ2v) is 4.89. The third-order valence-corrected chi connectivity index (χ3v) is 3.54. The Bertz CT molecular complexity index is 502. The van der Waals surface area contributed by atoms with Crippen molar-refractivity contribution in [3.05, 3.63) is 24.3 Å². The second-order valence-electron chi connectivity index (χ2n) is 4.89. The van der Waals surface area contributed by atoms with E-state index in [2.05, 4.69) is 9.64 Å². The van der Waals surface area contributed by atoms with Crippen LogP contribution in [-0.4, -0.2) is 39.1 Å². The lowest BCUT2D eigenvalue weighted by atomic mass is 10.1. The van der Waals surface area contributed by atoms with Gasteiger partial charge < -0.3 is 14.5 Å². The van der Waals surface area contributed by atoms with Crippen molar-refractivity contribution < 1.29 is 14.3 Å². The first-order chi connectivity index (χ1) is 9.63. The standard InChI is InChI=1S/C15H20N2O3/c1-16-10-11-17(13-7-4-3-6-12(13)16)14(18)8-5-9-15(19)20-2/h3-4,6-7H,5,8-11H2,1-2H3. The lowest BCUT2D eigenvalue weighted by molar-refractivity contribution is -0.140. The van der Waals surface area contributed by atoms with E-state index in [1.807, 2.05) is 36.2 Å². The van der Waals surface area contributed by atoms with Gasteiger partial charge in [0.25, 0.3) is 0 Å². The van der Waals surface area contributed by atoms with Crippen molar-refractivity contribution in [2.24, 2.45) is 0 Å². The van der Waals surface area contributed by atoms with E-state index in [0.29, 0.717) is 19.4 Å². The molecule has 0 radical (unpaired) electrons. The van der Waals surface area contributed by atoms with Crippen molar-refractivity contribution in [3.63, 3.8) is 0 Å². The van der Waals surface area contributed by atoms with E-state index in [1.165, 1.54) is 7.11 Å². The zero-order valence-electron chi connectivity index (χ0n) is 12.0. The number of likely N-dealkylation sites (N-methyl/N-ethyl adjacent to an activating group) is 1. The van der Waals surface area contributed by atoms with Crippen LogP contribution in [-0.2, 0) is 14.3 Å². The molecular formula is C15H20N2O3. The molecule has 0 saturated heterocycles. The van der Waals surface area contributed by atoms with Crippen LogP contribution in [0.2, 0.25) is 0 Å². The first-order valence-electron chi connectivity index (χ1n) is 6.81. The summed E-state index contributed by atoms with van der Waals surface area (Å²) >= 11 is 0. The van der Waals surface area contributed by atoms with Gasteiger partial charge in [-0.15, -0.1) is 0 Å². The maximum absolute atomic E-state index is 12.3. The average molecular weight is 276 g/mol. The fourth-order valence-corrected chi connectivity index (χ4v) is 2.39. The number of ether oxygens (including phenoxy) is 1. The topological polar surface area (TPSA) is 49.9 Å². The van der Waals surface area contributed by atoms with Gasteiger partial charge in [-0.2, -0.15) is 0 Å². The smallest absolute Gasteiger partial charge is 0.305 e. The number of rotatable bonds is 4. The van der Waals surface area contributed by atoms with Crippen molar-refractivity contribution in [1.82, 2.24) is 0 Å². The van der Waals surface area contributed by atoms with Gasteiger partial charge in [0.15, 0.2) is 0 Å². The lowest BCUT2D eigenvalue weighted by Crippen LogP contribution is -2.42. The summed E-state index contributed by atoms with van der Waals surface area (Å²) in [7, 11) is 3.39. The molecule has 0 unspecified atom stereocenters. The zero-order valence-corrected chi connectivity index (χ0v) is 12.0. The number of hydrogen-bond acceptors (Lipinski definition) is 4. The van der Waals surface area contributed by atoms with Gasteiger partial charge in [-0.1, -0.05) is 12.1 Å². The minimum absolute atomic E-state index is 0.0643. The Hall–Kier alpha value is -2.04. The molecule has 0 bridgehead atoms. The number of anilines is 2. The zero-order chi connectivity index (χ0) is 14.5. The minimum atomic E-state index is -0.267. The third-order valence-electron chi connectivity index (χ3n) is 3.54. The number of carbonyl (C=O) groups is 2. The molecule has 2 rings (SSSR count). The first kappa shape index (κ1) is 14.4. The lowest BCUT2D eigenvalue weighted by Gasteiger charge is -2.35. The summed E-state index contributed by atoms with van der Waals surface area (Å²) in [5, 5.41) is 0. The molecule has 5 heteroatoms. The molecule has 1 aliphatic rings. The van der Waals surface area contributed by atoms with E-state index >= 15 is 0 Å². The number of para-hydroxylation sites is 2. The Labute approximate surface area is 119 Å². The molecule has 0 aliphatic carbocycles. The van der Waals surface area contributed by atoms with Crippen LogP contribution in [0.5, 0.6) is 0 Å². The molecule has 1 aromatic carbocycles. The Morgan fingerprint density at radius 2 is 1.85 bits per heavy atom. The van der Waals surface area contributed by atoms with Crippen LogP contribution in [0.3, 0.4) is 0 Å². The number of nitrogens with zero attached hydrogens (tertiary/aromatic N) is 2. The molecule has 1 aromatic rings. The third kappa shape index (κ3) is 3.10. The van der Waals surface area contributed by atoms with Gasteiger partial charge >= 0.3 is 5.97 Å². The number of hydrogen-bond donors (Lipinski definition) is 0. The number of carbonyl (C=O) groups excluding carboxylic acids is 2. The van der Waals surface area contributed by atoms with Gasteiger partial charge in [-0.05, 0) is 18.6 Å². The van der Waals surface area contributed by atoms with Gasteiger partial charge in [0.1, 0.15) is 0 Å². The number of methoxy groups -OCH3 is 1. The summed E-state index contributed by atoms with van der Waals surface area (Å²) in [5.41, 5.74) is 2.02. The number of fused-ring (bicyclic) bond motifs is 1. The predicted molar refractivity (Wildman–Crippen MR) is 77.9 cm³/mol. The summed E-state index contributed by atoms with van der Waals surface area (Å²) in [6.45, 7) is 1.50. The van der Waals surface area contributed by atoms with Crippen LogP contribution in [0.25, 0.3) is 0 Å². The highest BCUT2D eigenvalue weighted by molar-refractivity contribution is 5.97. The van der Waals surface area contributed by atoms with Crippen molar-refractivity contribution >= 4 is 23.3 Å². The maximum Gasteiger partial charge on any atom is 0.305 e. The van der Waals surface area contributed by atoms with Crippen molar-refractivity contribution in [2.45, 2.75) is 19.3 Å². The monoisotopic (exact) mass is 276 g/mol. The molecule has 108 valence electrons. The van der Waals surface area contributed by atoms with Crippen LogP contribution >= 0.6 is 0 Å². The highest BCUT2D eigenvalue weighted by Gasteiger charge is 2.24. The summed E-state index contributed by atoms with van der Waals surface area (Å²) < 4.78 is 4.58. The Morgan fingerprint density at radius 1 is 1.15 bits per heavy atom. The minimum Gasteiger partial charge on any atom is -0.469 e. The highest BCUT2D eigenvalue weighted by atomic mass is 16.5. The molecule has 0 fully saturated rings.